The molecule has 1 aromatic carbocycles. The molecular weight excluding hydrogens is 272 g/mol. The molecule has 94 valence electrons. The monoisotopic (exact) mass is 282 g/mol. The van der Waals surface area contributed by atoms with E-state index < -0.39 is 5.91 Å². The molecule has 2 rings (SSSR count). The van der Waals surface area contributed by atoms with E-state index in [0.29, 0.717) is 5.56 Å². The topological polar surface area (TPSA) is 94.4 Å². The summed E-state index contributed by atoms with van der Waals surface area (Å²) in [7, 11) is 0. The van der Waals surface area contributed by atoms with Gasteiger partial charge in [0.15, 0.2) is 5.96 Å². The fourth-order valence-electron chi connectivity index (χ4n) is 1.33. The largest absolute Gasteiger partial charge is 0.370 e. The quantitative estimate of drug-likeness (QED) is 0.647. The number of thiazole rings is 1. The lowest BCUT2D eigenvalue weighted by atomic mass is 10.1. The van der Waals surface area contributed by atoms with Crippen LogP contribution in [0.2, 0.25) is 0 Å². The Kier molecular flexibility index (Phi) is 4.82. The second kappa shape index (κ2) is 6.13. The Morgan fingerprint density at radius 2 is 2.11 bits per heavy atom. The molecule has 1 amide bonds. The number of carbonyl (C=O) groups is 1. The SMILES string of the molecule is Cl.NC(N)=NC(=O)c1cccc(-c2nccs2)c1. The van der Waals surface area contributed by atoms with Crippen molar-refractivity contribution >= 4 is 35.6 Å². The highest BCUT2D eigenvalue weighted by molar-refractivity contribution is 7.13. The van der Waals surface area contributed by atoms with Gasteiger partial charge in [-0.25, -0.2) is 4.98 Å². The van der Waals surface area contributed by atoms with E-state index >= 15 is 0 Å². The van der Waals surface area contributed by atoms with Crippen LogP contribution >= 0.6 is 23.7 Å². The van der Waals surface area contributed by atoms with E-state index in [9.17, 15) is 4.79 Å². The van der Waals surface area contributed by atoms with Crippen LogP contribution in [0.1, 0.15) is 10.4 Å². The number of rotatable bonds is 2. The summed E-state index contributed by atoms with van der Waals surface area (Å²) in [5.74, 6) is -0.696. The van der Waals surface area contributed by atoms with Crippen molar-refractivity contribution in [3.8, 4) is 10.6 Å². The number of amides is 1. The Hall–Kier alpha value is -1.92. The predicted octanol–water partition coefficient (Wildman–Crippen LogP) is 1.65. The number of hydrogen-bond donors (Lipinski definition) is 2. The summed E-state index contributed by atoms with van der Waals surface area (Å²) < 4.78 is 0. The van der Waals surface area contributed by atoms with Crippen LogP contribution in [0, 0.1) is 0 Å². The second-order valence-electron chi connectivity index (χ2n) is 3.26. The van der Waals surface area contributed by atoms with Crippen LogP contribution in [-0.4, -0.2) is 16.9 Å². The van der Waals surface area contributed by atoms with Crippen molar-refractivity contribution in [1.29, 1.82) is 0 Å². The number of hydrogen-bond acceptors (Lipinski definition) is 3. The van der Waals surface area contributed by atoms with Crippen LogP contribution in [0.3, 0.4) is 0 Å². The number of nitrogens with zero attached hydrogens (tertiary/aromatic N) is 2. The van der Waals surface area contributed by atoms with Crippen LogP contribution in [0.5, 0.6) is 0 Å². The maximum Gasteiger partial charge on any atom is 0.280 e. The molecule has 5 nitrogen and oxygen atoms in total. The van der Waals surface area contributed by atoms with Crippen molar-refractivity contribution in [2.45, 2.75) is 0 Å². The molecule has 0 spiro atoms. The van der Waals surface area contributed by atoms with E-state index in [0.717, 1.165) is 10.6 Å². The van der Waals surface area contributed by atoms with E-state index in [1.54, 1.807) is 24.4 Å². The summed E-state index contributed by atoms with van der Waals surface area (Å²) in [5, 5.41) is 2.73. The summed E-state index contributed by atoms with van der Waals surface area (Å²) in [4.78, 5) is 19.3. The molecule has 0 saturated carbocycles. The van der Waals surface area contributed by atoms with Crippen LogP contribution in [0.4, 0.5) is 0 Å². The van der Waals surface area contributed by atoms with Crippen molar-refractivity contribution in [3.63, 3.8) is 0 Å². The van der Waals surface area contributed by atoms with E-state index in [1.807, 2.05) is 11.4 Å². The number of aliphatic imine (C=N–C) groups is 1. The van der Waals surface area contributed by atoms with Crippen molar-refractivity contribution in [3.05, 3.63) is 41.4 Å². The lowest BCUT2D eigenvalue weighted by Crippen LogP contribution is -2.24. The van der Waals surface area contributed by atoms with Gasteiger partial charge in [0.2, 0.25) is 0 Å². The molecule has 7 heteroatoms. The smallest absolute Gasteiger partial charge is 0.280 e. The Labute approximate surface area is 114 Å². The van der Waals surface area contributed by atoms with E-state index in [-0.39, 0.29) is 18.4 Å². The molecule has 1 aromatic heterocycles. The zero-order valence-electron chi connectivity index (χ0n) is 9.24. The molecule has 0 aliphatic carbocycles. The third kappa shape index (κ3) is 3.28. The van der Waals surface area contributed by atoms with Gasteiger partial charge in [0, 0.05) is 22.7 Å². The lowest BCUT2D eigenvalue weighted by Gasteiger charge is -1.99. The molecule has 0 unspecified atom stereocenters. The summed E-state index contributed by atoms with van der Waals surface area (Å²) in [6.45, 7) is 0. The van der Waals surface area contributed by atoms with Crippen molar-refractivity contribution in [1.82, 2.24) is 4.98 Å². The Morgan fingerprint density at radius 1 is 1.33 bits per heavy atom. The van der Waals surface area contributed by atoms with Gasteiger partial charge < -0.3 is 11.5 Å². The number of guanidine groups is 1. The van der Waals surface area contributed by atoms with Crippen LogP contribution in [0.25, 0.3) is 10.6 Å². The Bertz CT molecular complexity index is 564. The van der Waals surface area contributed by atoms with Gasteiger partial charge in [-0.05, 0) is 12.1 Å². The number of halogens is 1. The fraction of sp³-hybridized carbons (Fsp3) is 0. The van der Waals surface area contributed by atoms with Crippen molar-refractivity contribution < 1.29 is 4.79 Å². The molecule has 0 aliphatic heterocycles. The molecule has 0 radical (unpaired) electrons. The highest BCUT2D eigenvalue weighted by Gasteiger charge is 2.07. The first-order chi connectivity index (χ1) is 8.16. The normalized spacial score (nSPS) is 9.33. The summed E-state index contributed by atoms with van der Waals surface area (Å²) >= 11 is 1.50. The third-order valence-electron chi connectivity index (χ3n) is 2.02. The Balaban J connectivity index is 0.00000162. The molecule has 0 atom stereocenters. The first-order valence-electron chi connectivity index (χ1n) is 4.81. The standard InChI is InChI=1S/C11H10N4OS.ClH/c12-11(13)15-9(16)7-2-1-3-8(6-7)10-14-4-5-17-10;/h1-6H,(H4,12,13,15,16);1H. The minimum atomic E-state index is -0.455. The summed E-state index contributed by atoms with van der Waals surface area (Å²) in [6.07, 6.45) is 1.71. The summed E-state index contributed by atoms with van der Waals surface area (Å²) in [6, 6.07) is 7.02. The minimum Gasteiger partial charge on any atom is -0.370 e. The molecule has 0 bridgehead atoms. The fourth-order valence-corrected chi connectivity index (χ4v) is 1.97. The molecule has 2 aromatic rings. The second-order valence-corrected chi connectivity index (χ2v) is 4.15. The predicted molar refractivity (Wildman–Crippen MR) is 74.9 cm³/mol. The highest BCUT2D eigenvalue weighted by Crippen LogP contribution is 2.22. The van der Waals surface area contributed by atoms with E-state index in [1.165, 1.54) is 11.3 Å². The van der Waals surface area contributed by atoms with Crippen molar-refractivity contribution in [2.75, 3.05) is 0 Å². The number of benzene rings is 1. The van der Waals surface area contributed by atoms with Crippen LogP contribution < -0.4 is 11.5 Å². The zero-order chi connectivity index (χ0) is 12.3. The van der Waals surface area contributed by atoms with Crippen LogP contribution in [0.15, 0.2) is 40.8 Å². The number of carbonyl (C=O) groups excluding carboxylic acids is 1. The van der Waals surface area contributed by atoms with Gasteiger partial charge in [0.05, 0.1) is 0 Å². The van der Waals surface area contributed by atoms with Crippen LogP contribution in [-0.2, 0) is 0 Å². The molecule has 0 saturated heterocycles. The first kappa shape index (κ1) is 14.1. The minimum absolute atomic E-state index is 0. The summed E-state index contributed by atoms with van der Waals surface area (Å²) in [5.41, 5.74) is 11.6. The molecule has 4 N–H and O–H groups in total. The van der Waals surface area contributed by atoms with Gasteiger partial charge in [-0.1, -0.05) is 12.1 Å². The lowest BCUT2D eigenvalue weighted by molar-refractivity contribution is 0.100. The average Bonchev–Trinajstić information content (AvgIpc) is 2.82. The van der Waals surface area contributed by atoms with Gasteiger partial charge in [-0.3, -0.25) is 4.79 Å². The average molecular weight is 283 g/mol. The van der Waals surface area contributed by atoms with Gasteiger partial charge in [-0.15, -0.1) is 23.7 Å². The highest BCUT2D eigenvalue weighted by atomic mass is 35.5. The Morgan fingerprint density at radius 3 is 2.72 bits per heavy atom. The van der Waals surface area contributed by atoms with E-state index in [2.05, 4.69) is 9.98 Å². The molecule has 18 heavy (non-hydrogen) atoms. The molecule has 0 aliphatic rings. The third-order valence-corrected chi connectivity index (χ3v) is 2.84. The molecule has 1 heterocycles. The number of nitrogens with two attached hydrogens (primary N) is 2. The number of aromatic nitrogens is 1. The van der Waals surface area contributed by atoms with E-state index in [4.69, 9.17) is 11.5 Å². The van der Waals surface area contributed by atoms with Gasteiger partial charge in [0.25, 0.3) is 5.91 Å². The van der Waals surface area contributed by atoms with Crippen molar-refractivity contribution in [2.24, 2.45) is 16.5 Å². The first-order valence-corrected chi connectivity index (χ1v) is 5.68. The maximum atomic E-state index is 11.6. The maximum absolute atomic E-state index is 11.6. The molecule has 0 fully saturated rings. The molecular formula is C11H11ClN4OS. The van der Waals surface area contributed by atoms with Gasteiger partial charge in [0.1, 0.15) is 5.01 Å². The zero-order valence-corrected chi connectivity index (χ0v) is 10.9. The van der Waals surface area contributed by atoms with Gasteiger partial charge in [-0.2, -0.15) is 4.99 Å². The van der Waals surface area contributed by atoms with Gasteiger partial charge >= 0.3 is 0 Å².